The molecule has 0 aliphatic heterocycles. The van der Waals surface area contributed by atoms with Crippen LogP contribution in [0.3, 0.4) is 0 Å². The van der Waals surface area contributed by atoms with E-state index in [0.717, 1.165) is 22.9 Å². The van der Waals surface area contributed by atoms with Crippen molar-refractivity contribution in [2.75, 3.05) is 13.2 Å². The van der Waals surface area contributed by atoms with Gasteiger partial charge in [-0.15, -0.1) is 0 Å². The van der Waals surface area contributed by atoms with Gasteiger partial charge in [-0.3, -0.25) is 0 Å². The largest absolute Gasteiger partial charge is 0.416 e. The molecule has 136 valence electrons. The molecule has 2 aromatic rings. The third kappa shape index (κ3) is 5.96. The summed E-state index contributed by atoms with van der Waals surface area (Å²) in [4.78, 5) is 0. The Kier molecular flexibility index (Phi) is 7.19. The summed E-state index contributed by atoms with van der Waals surface area (Å²) in [6.45, 7) is 4.05. The fourth-order valence-electron chi connectivity index (χ4n) is 2.25. The molecule has 0 spiro atoms. The van der Waals surface area contributed by atoms with E-state index in [9.17, 15) is 13.2 Å². The minimum Gasteiger partial charge on any atom is -0.373 e. The second-order valence-electron chi connectivity index (χ2n) is 5.29. The van der Waals surface area contributed by atoms with E-state index in [0.29, 0.717) is 18.8 Å². The first-order valence-electron chi connectivity index (χ1n) is 8.05. The number of alkyl halides is 3. The van der Waals surface area contributed by atoms with Crippen LogP contribution in [0.4, 0.5) is 13.2 Å². The van der Waals surface area contributed by atoms with Crippen molar-refractivity contribution in [3.63, 3.8) is 0 Å². The van der Waals surface area contributed by atoms with Crippen molar-refractivity contribution in [3.8, 4) is 11.1 Å². The molecule has 0 heterocycles. The van der Waals surface area contributed by atoms with Gasteiger partial charge in [0.25, 0.3) is 6.48 Å². The van der Waals surface area contributed by atoms with Gasteiger partial charge in [0, 0.05) is 13.2 Å². The zero-order chi connectivity index (χ0) is 18.3. The van der Waals surface area contributed by atoms with Gasteiger partial charge >= 0.3 is 6.18 Å². The first-order chi connectivity index (χ1) is 11.9. The van der Waals surface area contributed by atoms with E-state index < -0.39 is 28.0 Å². The predicted molar refractivity (Wildman–Crippen MR) is 93.2 cm³/mol. The molecule has 0 atom stereocenters. The summed E-state index contributed by atoms with van der Waals surface area (Å²) >= 11 is 0. The molecule has 0 fully saturated rings. The minimum atomic E-state index is -4.34. The van der Waals surface area contributed by atoms with Crippen LogP contribution in [0.2, 0.25) is 0 Å². The maximum absolute atomic E-state index is 12.8. The van der Waals surface area contributed by atoms with Gasteiger partial charge in [0.05, 0.1) is 5.56 Å². The van der Waals surface area contributed by atoms with E-state index in [1.54, 1.807) is 18.2 Å². The van der Waals surface area contributed by atoms with Gasteiger partial charge in [-0.25, -0.2) is 0 Å². The molecule has 0 radical (unpaired) electrons. The van der Waals surface area contributed by atoms with Crippen molar-refractivity contribution in [2.45, 2.75) is 26.5 Å². The Bertz CT molecular complexity index is 653. The molecule has 0 bridgehead atoms. The Hall–Kier alpha value is -1.67. The second kappa shape index (κ2) is 9.14. The lowest BCUT2D eigenvalue weighted by atomic mass is 10.0. The summed E-state index contributed by atoms with van der Waals surface area (Å²) in [6, 6.07) is 12.7. The molecule has 0 amide bonds. The van der Waals surface area contributed by atoms with Crippen LogP contribution in [0.15, 0.2) is 48.5 Å². The standard InChI is InChI=1S/C18H21F3O3Si/c1-3-22-17(23-4-2)24-25-16-10-8-13(9-11-16)14-6-5-7-15(12-14)18(19,20)21/h5-12,17H,3-4,25H2,1-2H3. The van der Waals surface area contributed by atoms with Crippen molar-refractivity contribution in [3.05, 3.63) is 54.1 Å². The Morgan fingerprint density at radius 3 is 2.12 bits per heavy atom. The highest BCUT2D eigenvalue weighted by Gasteiger charge is 2.30. The quantitative estimate of drug-likeness (QED) is 0.526. The summed E-state index contributed by atoms with van der Waals surface area (Å²) in [7, 11) is -1.06. The molecule has 0 aromatic heterocycles. The molecule has 2 aromatic carbocycles. The molecule has 2 rings (SSSR count). The molecule has 0 aliphatic carbocycles. The van der Waals surface area contributed by atoms with Gasteiger partial charge in [0.2, 0.25) is 0 Å². The molecule has 0 saturated heterocycles. The van der Waals surface area contributed by atoms with E-state index in [1.807, 2.05) is 26.0 Å². The van der Waals surface area contributed by atoms with Crippen LogP contribution >= 0.6 is 0 Å². The van der Waals surface area contributed by atoms with Crippen LogP contribution in [0.5, 0.6) is 0 Å². The number of rotatable bonds is 8. The Morgan fingerprint density at radius 1 is 0.920 bits per heavy atom. The fraction of sp³-hybridized carbons (Fsp3) is 0.333. The summed E-state index contributed by atoms with van der Waals surface area (Å²) in [5.41, 5.74) is 0.614. The zero-order valence-corrected chi connectivity index (χ0v) is 15.6. The molecule has 7 heteroatoms. The van der Waals surface area contributed by atoms with Gasteiger partial charge in [-0.05, 0) is 42.3 Å². The van der Waals surface area contributed by atoms with E-state index in [2.05, 4.69) is 0 Å². The van der Waals surface area contributed by atoms with Crippen molar-refractivity contribution in [1.82, 2.24) is 0 Å². The zero-order valence-electron chi connectivity index (χ0n) is 14.2. The summed E-state index contributed by atoms with van der Waals surface area (Å²) in [5, 5.41) is 1.01. The van der Waals surface area contributed by atoms with Crippen molar-refractivity contribution < 1.29 is 27.1 Å². The third-order valence-electron chi connectivity index (χ3n) is 3.47. The predicted octanol–water partition coefficient (Wildman–Crippen LogP) is 3.45. The van der Waals surface area contributed by atoms with Crippen LogP contribution in [0.1, 0.15) is 19.4 Å². The average Bonchev–Trinajstić information content (AvgIpc) is 2.60. The lowest BCUT2D eigenvalue weighted by Crippen LogP contribution is -2.28. The molecular weight excluding hydrogens is 349 g/mol. The topological polar surface area (TPSA) is 27.7 Å². The van der Waals surface area contributed by atoms with Gasteiger partial charge < -0.3 is 13.9 Å². The Morgan fingerprint density at radius 2 is 1.56 bits per heavy atom. The molecule has 0 aliphatic rings. The highest BCUT2D eigenvalue weighted by molar-refractivity contribution is 6.46. The second-order valence-corrected chi connectivity index (χ2v) is 6.72. The molecule has 0 saturated carbocycles. The molecule has 0 unspecified atom stereocenters. The SMILES string of the molecule is CCOC(OCC)O[SiH2]c1ccc(-c2cccc(C(F)(F)F)c2)cc1. The first-order valence-corrected chi connectivity index (χ1v) is 9.34. The number of hydrogen-bond donors (Lipinski definition) is 0. The number of benzene rings is 2. The van der Waals surface area contributed by atoms with Gasteiger partial charge in [-0.2, -0.15) is 13.2 Å². The maximum atomic E-state index is 12.8. The van der Waals surface area contributed by atoms with Crippen LogP contribution in [-0.2, 0) is 20.1 Å². The van der Waals surface area contributed by atoms with Gasteiger partial charge in [-0.1, -0.05) is 36.4 Å². The highest BCUT2D eigenvalue weighted by atomic mass is 28.2. The van der Waals surface area contributed by atoms with Crippen molar-refractivity contribution in [1.29, 1.82) is 0 Å². The van der Waals surface area contributed by atoms with Gasteiger partial charge in [0.15, 0.2) is 9.76 Å². The molecule has 25 heavy (non-hydrogen) atoms. The van der Waals surface area contributed by atoms with E-state index in [-0.39, 0.29) is 0 Å². The first kappa shape index (κ1) is 19.6. The molecule has 0 N–H and O–H groups in total. The van der Waals surface area contributed by atoms with Crippen LogP contribution in [-0.4, -0.2) is 29.5 Å². The lowest BCUT2D eigenvalue weighted by molar-refractivity contribution is -0.242. The van der Waals surface area contributed by atoms with E-state index in [1.165, 1.54) is 6.07 Å². The van der Waals surface area contributed by atoms with E-state index >= 15 is 0 Å². The maximum Gasteiger partial charge on any atom is 0.416 e. The van der Waals surface area contributed by atoms with E-state index in [4.69, 9.17) is 13.9 Å². The lowest BCUT2D eigenvalue weighted by Gasteiger charge is -2.17. The third-order valence-corrected chi connectivity index (χ3v) is 4.71. The fourth-order valence-corrected chi connectivity index (χ4v) is 3.20. The van der Waals surface area contributed by atoms with Crippen molar-refractivity contribution in [2.24, 2.45) is 0 Å². The number of ether oxygens (including phenoxy) is 2. The molecular formula is C18H21F3O3Si. The molecule has 3 nitrogen and oxygen atoms in total. The normalized spacial score (nSPS) is 12.4. The monoisotopic (exact) mass is 370 g/mol. The van der Waals surface area contributed by atoms with Crippen LogP contribution < -0.4 is 5.19 Å². The smallest absolute Gasteiger partial charge is 0.373 e. The minimum absolute atomic E-state index is 0.494. The number of hydrogen-bond acceptors (Lipinski definition) is 3. The summed E-state index contributed by atoms with van der Waals surface area (Å²) in [6.07, 6.45) is -4.34. The number of halogens is 3. The van der Waals surface area contributed by atoms with Crippen LogP contribution in [0, 0.1) is 0 Å². The Labute approximate surface area is 147 Å². The highest BCUT2D eigenvalue weighted by Crippen LogP contribution is 2.31. The van der Waals surface area contributed by atoms with Gasteiger partial charge in [0.1, 0.15) is 0 Å². The van der Waals surface area contributed by atoms with Crippen molar-refractivity contribution >= 4 is 14.9 Å². The van der Waals surface area contributed by atoms with Crippen LogP contribution in [0.25, 0.3) is 11.1 Å². The average molecular weight is 370 g/mol. The summed E-state index contributed by atoms with van der Waals surface area (Å²) < 4.78 is 54.8. The summed E-state index contributed by atoms with van der Waals surface area (Å²) in [5.74, 6) is 0. The Balaban J connectivity index is 2.05.